The fourth-order valence-electron chi connectivity index (χ4n) is 1.34. The monoisotopic (exact) mass is 129 g/mol. The smallest absolute Gasteiger partial charge is 0.0769 e. The van der Waals surface area contributed by atoms with E-state index in [4.69, 9.17) is 5.73 Å². The second kappa shape index (κ2) is 2.27. The van der Waals surface area contributed by atoms with Gasteiger partial charge in [0.15, 0.2) is 0 Å². The van der Waals surface area contributed by atoms with Gasteiger partial charge in [0.25, 0.3) is 0 Å². The molecule has 9 heavy (non-hydrogen) atoms. The molecular formula is C7H15NO. The van der Waals surface area contributed by atoms with Crippen molar-refractivity contribution in [3.8, 4) is 0 Å². The summed E-state index contributed by atoms with van der Waals surface area (Å²) in [5, 5.41) is 9.52. The fraction of sp³-hybridized carbons (Fsp3) is 1.00. The molecule has 2 nitrogen and oxygen atoms in total. The van der Waals surface area contributed by atoms with E-state index in [0.717, 1.165) is 19.3 Å². The molecule has 1 rings (SSSR count). The van der Waals surface area contributed by atoms with Crippen LogP contribution in [0.15, 0.2) is 0 Å². The lowest BCUT2D eigenvalue weighted by atomic mass is 9.82. The average Bonchev–Trinajstić information content (AvgIpc) is 1.77. The molecule has 0 unspecified atom stereocenters. The van der Waals surface area contributed by atoms with Crippen molar-refractivity contribution in [2.75, 3.05) is 0 Å². The maximum absolute atomic E-state index is 9.52. The first-order valence-electron chi connectivity index (χ1n) is 3.61. The van der Waals surface area contributed by atoms with Crippen LogP contribution in [0.4, 0.5) is 0 Å². The molecule has 0 spiro atoms. The molecule has 1 aliphatic rings. The Morgan fingerprint density at radius 1 is 1.56 bits per heavy atom. The van der Waals surface area contributed by atoms with Crippen molar-refractivity contribution in [3.63, 3.8) is 0 Å². The van der Waals surface area contributed by atoms with E-state index >= 15 is 0 Å². The Morgan fingerprint density at radius 2 is 2.22 bits per heavy atom. The summed E-state index contributed by atoms with van der Waals surface area (Å²) in [5.74, 6) is 0. The van der Waals surface area contributed by atoms with Crippen LogP contribution < -0.4 is 5.73 Å². The predicted molar refractivity (Wildman–Crippen MR) is 37.1 cm³/mol. The van der Waals surface area contributed by atoms with Crippen molar-refractivity contribution in [1.29, 1.82) is 0 Å². The summed E-state index contributed by atoms with van der Waals surface area (Å²) in [5.41, 5.74) is 5.08. The largest absolute Gasteiger partial charge is 0.389 e. The summed E-state index contributed by atoms with van der Waals surface area (Å²) in [4.78, 5) is 0. The fourth-order valence-corrected chi connectivity index (χ4v) is 1.34. The zero-order valence-corrected chi connectivity index (χ0v) is 5.93. The minimum Gasteiger partial charge on any atom is -0.389 e. The average molecular weight is 129 g/mol. The SMILES string of the molecule is C[C@@]1(O)CCCC[C@@H]1N. The molecule has 2 heteroatoms. The molecule has 0 aromatic rings. The number of aliphatic hydroxyl groups is 1. The zero-order valence-electron chi connectivity index (χ0n) is 5.93. The number of hydrogen-bond acceptors (Lipinski definition) is 2. The minimum absolute atomic E-state index is 0.00579. The standard InChI is InChI=1S/C7H15NO/c1-7(9)5-3-2-4-6(7)8/h6,9H,2-5,8H2,1H3/t6-,7+/m0/s1. The van der Waals surface area contributed by atoms with Crippen molar-refractivity contribution >= 4 is 0 Å². The molecule has 0 heterocycles. The Bertz CT molecular complexity index is 101. The molecule has 1 aliphatic carbocycles. The van der Waals surface area contributed by atoms with Gasteiger partial charge >= 0.3 is 0 Å². The van der Waals surface area contributed by atoms with Crippen LogP contribution in [0.25, 0.3) is 0 Å². The number of nitrogens with two attached hydrogens (primary N) is 1. The first-order chi connectivity index (χ1) is 4.13. The summed E-state index contributed by atoms with van der Waals surface area (Å²) in [6.07, 6.45) is 4.15. The summed E-state index contributed by atoms with van der Waals surface area (Å²) < 4.78 is 0. The normalized spacial score (nSPS) is 45.0. The molecule has 0 aromatic carbocycles. The summed E-state index contributed by atoms with van der Waals surface area (Å²) in [7, 11) is 0. The molecule has 1 saturated carbocycles. The van der Waals surface area contributed by atoms with Crippen LogP contribution >= 0.6 is 0 Å². The molecular weight excluding hydrogens is 114 g/mol. The molecule has 0 aliphatic heterocycles. The molecule has 1 fully saturated rings. The van der Waals surface area contributed by atoms with Gasteiger partial charge in [0.05, 0.1) is 5.60 Å². The van der Waals surface area contributed by atoms with E-state index in [0.29, 0.717) is 0 Å². The van der Waals surface area contributed by atoms with Gasteiger partial charge in [0.1, 0.15) is 0 Å². The number of rotatable bonds is 0. The van der Waals surface area contributed by atoms with Crippen molar-refractivity contribution in [1.82, 2.24) is 0 Å². The molecule has 0 bridgehead atoms. The zero-order chi connectivity index (χ0) is 6.91. The third kappa shape index (κ3) is 1.43. The van der Waals surface area contributed by atoms with Gasteiger partial charge in [-0.25, -0.2) is 0 Å². The number of hydrogen-bond donors (Lipinski definition) is 2. The second-order valence-electron chi connectivity index (χ2n) is 3.21. The van der Waals surface area contributed by atoms with Crippen molar-refractivity contribution in [2.24, 2.45) is 5.73 Å². The van der Waals surface area contributed by atoms with Gasteiger partial charge in [-0.2, -0.15) is 0 Å². The summed E-state index contributed by atoms with van der Waals surface area (Å²) in [6, 6.07) is 0.00579. The maximum Gasteiger partial charge on any atom is 0.0769 e. The van der Waals surface area contributed by atoms with Gasteiger partial charge in [-0.1, -0.05) is 12.8 Å². The van der Waals surface area contributed by atoms with E-state index in [1.165, 1.54) is 6.42 Å². The van der Waals surface area contributed by atoms with E-state index in [2.05, 4.69) is 0 Å². The quantitative estimate of drug-likeness (QED) is 0.504. The van der Waals surface area contributed by atoms with Crippen LogP contribution in [0.3, 0.4) is 0 Å². The van der Waals surface area contributed by atoms with Crippen molar-refractivity contribution in [3.05, 3.63) is 0 Å². The van der Waals surface area contributed by atoms with Crippen LogP contribution in [0.5, 0.6) is 0 Å². The highest BCUT2D eigenvalue weighted by Crippen LogP contribution is 2.25. The molecule has 0 aromatic heterocycles. The van der Waals surface area contributed by atoms with Gasteiger partial charge < -0.3 is 10.8 Å². The van der Waals surface area contributed by atoms with E-state index in [1.54, 1.807) is 0 Å². The molecule has 3 N–H and O–H groups in total. The Balaban J connectivity index is 2.49. The first kappa shape index (κ1) is 7.03. The van der Waals surface area contributed by atoms with Crippen LogP contribution in [0, 0.1) is 0 Å². The Hall–Kier alpha value is -0.0800. The lowest BCUT2D eigenvalue weighted by Gasteiger charge is -2.34. The minimum atomic E-state index is -0.585. The third-order valence-corrected chi connectivity index (χ3v) is 2.25. The summed E-state index contributed by atoms with van der Waals surface area (Å²) >= 11 is 0. The molecule has 54 valence electrons. The second-order valence-corrected chi connectivity index (χ2v) is 3.21. The topological polar surface area (TPSA) is 46.2 Å². The van der Waals surface area contributed by atoms with E-state index in [1.807, 2.05) is 6.92 Å². The predicted octanol–water partition coefficient (Wildman–Crippen LogP) is 0.639. The lowest BCUT2D eigenvalue weighted by Crippen LogP contribution is -2.47. The Kier molecular flexibility index (Phi) is 1.78. The van der Waals surface area contributed by atoms with Crippen molar-refractivity contribution < 1.29 is 5.11 Å². The van der Waals surface area contributed by atoms with Gasteiger partial charge in [-0.05, 0) is 19.8 Å². The maximum atomic E-state index is 9.52. The van der Waals surface area contributed by atoms with Crippen LogP contribution in [-0.2, 0) is 0 Å². The highest BCUT2D eigenvalue weighted by molar-refractivity contribution is 4.88. The highest BCUT2D eigenvalue weighted by atomic mass is 16.3. The first-order valence-corrected chi connectivity index (χ1v) is 3.61. The van der Waals surface area contributed by atoms with Gasteiger partial charge in [-0.15, -0.1) is 0 Å². The Labute approximate surface area is 56.1 Å². The summed E-state index contributed by atoms with van der Waals surface area (Å²) in [6.45, 7) is 1.83. The molecule has 0 saturated heterocycles. The van der Waals surface area contributed by atoms with Crippen LogP contribution in [0.1, 0.15) is 32.6 Å². The third-order valence-electron chi connectivity index (χ3n) is 2.25. The van der Waals surface area contributed by atoms with E-state index < -0.39 is 5.60 Å². The van der Waals surface area contributed by atoms with Crippen LogP contribution in [0.2, 0.25) is 0 Å². The van der Waals surface area contributed by atoms with E-state index in [-0.39, 0.29) is 6.04 Å². The Morgan fingerprint density at radius 3 is 2.56 bits per heavy atom. The highest BCUT2D eigenvalue weighted by Gasteiger charge is 2.30. The lowest BCUT2D eigenvalue weighted by molar-refractivity contribution is 0.00358. The molecule has 0 amide bonds. The van der Waals surface area contributed by atoms with Gasteiger partial charge in [0, 0.05) is 6.04 Å². The molecule has 0 radical (unpaired) electrons. The van der Waals surface area contributed by atoms with E-state index in [9.17, 15) is 5.11 Å². The van der Waals surface area contributed by atoms with Gasteiger partial charge in [-0.3, -0.25) is 0 Å². The van der Waals surface area contributed by atoms with Crippen LogP contribution in [-0.4, -0.2) is 16.7 Å². The van der Waals surface area contributed by atoms with Crippen molar-refractivity contribution in [2.45, 2.75) is 44.2 Å². The van der Waals surface area contributed by atoms with Gasteiger partial charge in [0.2, 0.25) is 0 Å². The molecule has 2 atom stereocenters.